The Morgan fingerprint density at radius 3 is 2.48 bits per heavy atom. The van der Waals surface area contributed by atoms with Crippen molar-refractivity contribution < 1.29 is 14.3 Å². The van der Waals surface area contributed by atoms with Gasteiger partial charge >= 0.3 is 6.16 Å². The number of hydrogen-bond donors (Lipinski definition) is 3. The lowest BCUT2D eigenvalue weighted by atomic mass is 10.2. The van der Waals surface area contributed by atoms with Crippen molar-refractivity contribution in [2.24, 2.45) is 11.6 Å². The van der Waals surface area contributed by atoms with E-state index in [1.165, 1.54) is 5.01 Å². The van der Waals surface area contributed by atoms with Crippen LogP contribution in [0.5, 0.6) is 5.75 Å². The molecule has 132 valence electrons. The third-order valence-electron chi connectivity index (χ3n) is 3.15. The standard InChI is InChI=1S/C16H18BrN5O3/c1-22(20)14(15(19)13-7-2-10(17)8-21-13)9-24-16(23)25-12-5-3-11(18)4-6-12/h2-8H,9,18-20H2,1H3/b15-14-. The van der Waals surface area contributed by atoms with Crippen LogP contribution in [0.2, 0.25) is 0 Å². The van der Waals surface area contributed by atoms with E-state index in [2.05, 4.69) is 20.9 Å². The van der Waals surface area contributed by atoms with Crippen LogP contribution in [0.1, 0.15) is 5.69 Å². The summed E-state index contributed by atoms with van der Waals surface area (Å²) < 4.78 is 10.9. The number of halogens is 1. The van der Waals surface area contributed by atoms with E-state index in [1.807, 2.05) is 0 Å². The van der Waals surface area contributed by atoms with Crippen molar-refractivity contribution in [1.29, 1.82) is 0 Å². The van der Waals surface area contributed by atoms with Gasteiger partial charge in [-0.25, -0.2) is 10.6 Å². The summed E-state index contributed by atoms with van der Waals surface area (Å²) in [5.74, 6) is 6.09. The number of ether oxygens (including phenoxy) is 2. The SMILES string of the molecule is CN(N)/C(COC(=O)Oc1ccc(N)cc1)=C(\N)c1ccc(Br)cn1. The normalized spacial score (nSPS) is 11.5. The zero-order chi connectivity index (χ0) is 18.4. The van der Waals surface area contributed by atoms with Gasteiger partial charge in [0.15, 0.2) is 0 Å². The predicted molar refractivity (Wildman–Crippen MR) is 97.8 cm³/mol. The van der Waals surface area contributed by atoms with E-state index in [0.717, 1.165) is 4.47 Å². The number of aromatic nitrogens is 1. The molecule has 0 spiro atoms. The van der Waals surface area contributed by atoms with Gasteiger partial charge in [-0.05, 0) is 52.3 Å². The van der Waals surface area contributed by atoms with Gasteiger partial charge in [-0.1, -0.05) is 0 Å². The first-order valence-electron chi connectivity index (χ1n) is 7.16. The second-order valence-corrected chi connectivity index (χ2v) is 5.96. The Hall–Kier alpha value is -2.78. The van der Waals surface area contributed by atoms with Crippen LogP contribution < -0.4 is 22.0 Å². The minimum atomic E-state index is -0.888. The van der Waals surface area contributed by atoms with E-state index >= 15 is 0 Å². The first-order chi connectivity index (χ1) is 11.9. The van der Waals surface area contributed by atoms with Crippen molar-refractivity contribution in [2.75, 3.05) is 19.4 Å². The molecule has 1 heterocycles. The van der Waals surface area contributed by atoms with E-state index in [4.69, 9.17) is 26.8 Å². The van der Waals surface area contributed by atoms with Gasteiger partial charge < -0.3 is 25.9 Å². The fraction of sp³-hybridized carbons (Fsp3) is 0.125. The highest BCUT2D eigenvalue weighted by molar-refractivity contribution is 9.10. The Labute approximate surface area is 153 Å². The van der Waals surface area contributed by atoms with E-state index in [9.17, 15) is 4.79 Å². The number of nitrogen functional groups attached to an aromatic ring is 1. The lowest BCUT2D eigenvalue weighted by Crippen LogP contribution is -2.31. The van der Waals surface area contributed by atoms with Crippen molar-refractivity contribution >= 4 is 33.5 Å². The molecule has 25 heavy (non-hydrogen) atoms. The lowest BCUT2D eigenvalue weighted by molar-refractivity contribution is 0.101. The summed E-state index contributed by atoms with van der Waals surface area (Å²) in [7, 11) is 1.58. The quantitative estimate of drug-likeness (QED) is 0.225. The van der Waals surface area contributed by atoms with Crippen molar-refractivity contribution in [3.05, 3.63) is 58.5 Å². The molecule has 2 rings (SSSR count). The van der Waals surface area contributed by atoms with Crippen LogP contribution in [0, 0.1) is 0 Å². The van der Waals surface area contributed by atoms with Crippen LogP contribution >= 0.6 is 15.9 Å². The molecule has 0 unspecified atom stereocenters. The Morgan fingerprint density at radius 1 is 1.24 bits per heavy atom. The number of nitrogens with two attached hydrogens (primary N) is 3. The smallest absolute Gasteiger partial charge is 0.427 e. The molecular formula is C16H18BrN5O3. The number of hydrazine groups is 1. The number of rotatable bonds is 5. The summed E-state index contributed by atoms with van der Waals surface area (Å²) in [5, 5.41) is 1.26. The zero-order valence-electron chi connectivity index (χ0n) is 13.5. The van der Waals surface area contributed by atoms with Crippen molar-refractivity contribution in [1.82, 2.24) is 9.99 Å². The number of carbonyl (C=O) groups excluding carboxylic acids is 1. The van der Waals surface area contributed by atoms with Gasteiger partial charge in [0.25, 0.3) is 0 Å². The van der Waals surface area contributed by atoms with Crippen molar-refractivity contribution in [2.45, 2.75) is 0 Å². The minimum absolute atomic E-state index is 0.176. The fourth-order valence-corrected chi connectivity index (χ4v) is 2.08. The average molecular weight is 408 g/mol. The molecule has 0 saturated heterocycles. The molecule has 0 aliphatic rings. The van der Waals surface area contributed by atoms with Gasteiger partial charge in [-0.15, -0.1) is 0 Å². The number of carbonyl (C=O) groups is 1. The molecule has 8 nitrogen and oxygen atoms in total. The molecule has 0 bridgehead atoms. The van der Waals surface area contributed by atoms with Crippen LogP contribution in [0.3, 0.4) is 0 Å². The van der Waals surface area contributed by atoms with E-state index < -0.39 is 6.16 Å². The maximum Gasteiger partial charge on any atom is 0.514 e. The number of pyridine rings is 1. The fourth-order valence-electron chi connectivity index (χ4n) is 1.84. The third kappa shape index (κ3) is 5.37. The monoisotopic (exact) mass is 407 g/mol. The minimum Gasteiger partial charge on any atom is -0.427 e. The number of benzene rings is 1. The largest absolute Gasteiger partial charge is 0.514 e. The number of hydrogen-bond acceptors (Lipinski definition) is 8. The second kappa shape index (κ2) is 8.36. The Kier molecular flexibility index (Phi) is 6.20. The molecular weight excluding hydrogens is 390 g/mol. The molecule has 0 fully saturated rings. The highest BCUT2D eigenvalue weighted by Crippen LogP contribution is 2.17. The predicted octanol–water partition coefficient (Wildman–Crippen LogP) is 2.07. The van der Waals surface area contributed by atoms with Crippen molar-refractivity contribution in [3.63, 3.8) is 0 Å². The number of nitrogens with zero attached hydrogens (tertiary/aromatic N) is 2. The van der Waals surface area contributed by atoms with Crippen LogP contribution in [0.15, 0.2) is 52.8 Å². The van der Waals surface area contributed by atoms with E-state index in [1.54, 1.807) is 49.6 Å². The molecule has 1 aromatic carbocycles. The van der Waals surface area contributed by atoms with Gasteiger partial charge in [0, 0.05) is 23.4 Å². The van der Waals surface area contributed by atoms with Crippen LogP contribution in [-0.4, -0.2) is 29.8 Å². The molecule has 0 atom stereocenters. The molecule has 6 N–H and O–H groups in total. The number of anilines is 1. The summed E-state index contributed by atoms with van der Waals surface area (Å²) in [4.78, 5) is 16.0. The Bertz CT molecular complexity index is 760. The Morgan fingerprint density at radius 2 is 1.92 bits per heavy atom. The molecule has 0 radical (unpaired) electrons. The first-order valence-corrected chi connectivity index (χ1v) is 7.95. The van der Waals surface area contributed by atoms with E-state index in [-0.39, 0.29) is 12.3 Å². The summed E-state index contributed by atoms with van der Waals surface area (Å²) in [6.45, 7) is -0.176. The maximum absolute atomic E-state index is 11.8. The summed E-state index contributed by atoms with van der Waals surface area (Å²) in [5.41, 5.74) is 13.4. The van der Waals surface area contributed by atoms with E-state index in [0.29, 0.717) is 22.8 Å². The van der Waals surface area contributed by atoms with Crippen molar-refractivity contribution in [3.8, 4) is 5.75 Å². The second-order valence-electron chi connectivity index (χ2n) is 5.04. The van der Waals surface area contributed by atoms with Gasteiger partial charge in [0.05, 0.1) is 17.1 Å². The van der Waals surface area contributed by atoms with Crippen LogP contribution in [-0.2, 0) is 4.74 Å². The number of likely N-dealkylation sites (N-methyl/N-ethyl adjacent to an activating group) is 1. The van der Waals surface area contributed by atoms with Crippen LogP contribution in [0.25, 0.3) is 5.70 Å². The van der Waals surface area contributed by atoms with Crippen LogP contribution in [0.4, 0.5) is 10.5 Å². The highest BCUT2D eigenvalue weighted by atomic mass is 79.9. The zero-order valence-corrected chi connectivity index (χ0v) is 15.1. The van der Waals surface area contributed by atoms with Gasteiger partial charge in [0.1, 0.15) is 12.4 Å². The molecule has 0 saturated carbocycles. The lowest BCUT2D eigenvalue weighted by Gasteiger charge is -2.19. The molecule has 0 aliphatic carbocycles. The molecule has 2 aromatic rings. The summed E-state index contributed by atoms with van der Waals surface area (Å²) in [6.07, 6.45) is 0.715. The maximum atomic E-state index is 11.8. The third-order valence-corrected chi connectivity index (χ3v) is 3.62. The highest BCUT2D eigenvalue weighted by Gasteiger charge is 2.14. The summed E-state index contributed by atoms with van der Waals surface area (Å²) in [6, 6.07) is 9.85. The molecule has 1 aromatic heterocycles. The molecule has 0 amide bonds. The molecule has 9 heteroatoms. The molecule has 0 aliphatic heterocycles. The van der Waals surface area contributed by atoms with Gasteiger partial charge in [0.2, 0.25) is 0 Å². The average Bonchev–Trinajstić information content (AvgIpc) is 2.57. The summed E-state index contributed by atoms with van der Waals surface area (Å²) >= 11 is 3.30. The first kappa shape index (κ1) is 18.6. The van der Waals surface area contributed by atoms with Gasteiger partial charge in [-0.3, -0.25) is 4.98 Å². The van der Waals surface area contributed by atoms with Gasteiger partial charge in [-0.2, -0.15) is 0 Å². The Balaban J connectivity index is 2.06. The topological polar surface area (TPSA) is 130 Å².